The smallest absolute Gasteiger partial charge is 0.0276 e. The highest BCUT2D eigenvalue weighted by atomic mass is 14.2. The predicted octanol–water partition coefficient (Wildman–Crippen LogP) is 3.99. The molecule has 1 saturated carbocycles. The fourth-order valence-electron chi connectivity index (χ4n) is 2.31. The molecule has 0 N–H and O–H groups in total. The van der Waals surface area contributed by atoms with Crippen LogP contribution in [0.15, 0.2) is 23.3 Å². The number of hydrogen-bond acceptors (Lipinski definition) is 0. The minimum absolute atomic E-state index is 1.30. The molecular formula is C12H18. The van der Waals surface area contributed by atoms with Gasteiger partial charge in [0.1, 0.15) is 0 Å². The van der Waals surface area contributed by atoms with Crippen LogP contribution in [0, 0.1) is 0 Å². The van der Waals surface area contributed by atoms with Crippen molar-refractivity contribution in [1.82, 2.24) is 0 Å². The Labute approximate surface area is 75.4 Å². The average molecular weight is 162 g/mol. The van der Waals surface area contributed by atoms with Crippen molar-refractivity contribution in [3.05, 3.63) is 23.3 Å². The van der Waals surface area contributed by atoms with Crippen molar-refractivity contribution >= 4 is 0 Å². The molecule has 66 valence electrons. The Hall–Kier alpha value is -0.520. The number of hydrogen-bond donors (Lipinski definition) is 0. The lowest BCUT2D eigenvalue weighted by atomic mass is 9.87. The van der Waals surface area contributed by atoms with Crippen LogP contribution in [-0.2, 0) is 0 Å². The molecule has 2 aliphatic carbocycles. The molecule has 0 aromatic rings. The van der Waals surface area contributed by atoms with E-state index in [4.69, 9.17) is 0 Å². The zero-order valence-corrected chi connectivity index (χ0v) is 7.81. The van der Waals surface area contributed by atoms with Gasteiger partial charge in [-0.05, 0) is 50.5 Å². The molecular weight excluding hydrogens is 144 g/mol. The second-order valence-corrected chi connectivity index (χ2v) is 3.98. The molecule has 0 bridgehead atoms. The fourth-order valence-corrected chi connectivity index (χ4v) is 2.31. The third kappa shape index (κ3) is 1.80. The van der Waals surface area contributed by atoms with Crippen LogP contribution >= 0.6 is 0 Å². The third-order valence-corrected chi connectivity index (χ3v) is 3.05. The van der Waals surface area contributed by atoms with Crippen LogP contribution in [0.25, 0.3) is 0 Å². The highest BCUT2D eigenvalue weighted by molar-refractivity contribution is 5.28. The maximum atomic E-state index is 2.38. The summed E-state index contributed by atoms with van der Waals surface area (Å²) in [5, 5.41) is 0. The largest absolute Gasteiger partial charge is 0.0843 e. The van der Waals surface area contributed by atoms with E-state index in [1.54, 1.807) is 11.1 Å². The van der Waals surface area contributed by atoms with Gasteiger partial charge >= 0.3 is 0 Å². The Balaban J connectivity index is 2.10. The molecule has 0 heteroatoms. The first kappa shape index (κ1) is 8.10. The summed E-state index contributed by atoms with van der Waals surface area (Å²) in [5.41, 5.74) is 3.46. The van der Waals surface area contributed by atoms with E-state index in [1.807, 2.05) is 0 Å². The zero-order chi connectivity index (χ0) is 8.23. The van der Waals surface area contributed by atoms with Crippen LogP contribution in [-0.4, -0.2) is 0 Å². The first-order valence-electron chi connectivity index (χ1n) is 5.34. The van der Waals surface area contributed by atoms with Crippen LogP contribution in [0.3, 0.4) is 0 Å². The minimum Gasteiger partial charge on any atom is -0.0843 e. The maximum Gasteiger partial charge on any atom is -0.0276 e. The summed E-state index contributed by atoms with van der Waals surface area (Å²) < 4.78 is 0. The van der Waals surface area contributed by atoms with E-state index in [0.29, 0.717) is 0 Å². The molecule has 0 saturated heterocycles. The Bertz CT molecular complexity index is 200. The van der Waals surface area contributed by atoms with E-state index < -0.39 is 0 Å². The van der Waals surface area contributed by atoms with Crippen LogP contribution in [0.4, 0.5) is 0 Å². The van der Waals surface area contributed by atoms with Crippen molar-refractivity contribution in [2.45, 2.75) is 51.4 Å². The van der Waals surface area contributed by atoms with E-state index in [-0.39, 0.29) is 0 Å². The van der Waals surface area contributed by atoms with Gasteiger partial charge in [-0.1, -0.05) is 24.1 Å². The maximum absolute atomic E-state index is 2.38. The minimum atomic E-state index is 1.30. The quantitative estimate of drug-likeness (QED) is 0.505. The lowest BCUT2D eigenvalue weighted by Gasteiger charge is -2.19. The van der Waals surface area contributed by atoms with Gasteiger partial charge in [-0.15, -0.1) is 0 Å². The van der Waals surface area contributed by atoms with Gasteiger partial charge in [-0.25, -0.2) is 0 Å². The molecule has 0 nitrogen and oxygen atoms in total. The summed E-state index contributed by atoms with van der Waals surface area (Å²) in [6.45, 7) is 0. The van der Waals surface area contributed by atoms with Gasteiger partial charge in [0.25, 0.3) is 0 Å². The molecule has 0 aliphatic heterocycles. The van der Waals surface area contributed by atoms with Gasteiger partial charge < -0.3 is 0 Å². The van der Waals surface area contributed by atoms with E-state index in [9.17, 15) is 0 Å². The monoisotopic (exact) mass is 162 g/mol. The lowest BCUT2D eigenvalue weighted by Crippen LogP contribution is -1.99. The number of allylic oxidation sites excluding steroid dienone is 4. The Kier molecular flexibility index (Phi) is 2.65. The second-order valence-electron chi connectivity index (χ2n) is 3.98. The molecule has 2 rings (SSSR count). The van der Waals surface area contributed by atoms with Crippen molar-refractivity contribution in [2.24, 2.45) is 0 Å². The van der Waals surface area contributed by atoms with Gasteiger partial charge in [0.2, 0.25) is 0 Å². The normalized spacial score (nSPS) is 24.7. The van der Waals surface area contributed by atoms with Crippen molar-refractivity contribution in [3.8, 4) is 0 Å². The lowest BCUT2D eigenvalue weighted by molar-refractivity contribution is 0.589. The SMILES string of the molecule is C1=CC(=C2CCCCC2)CCC1. The summed E-state index contributed by atoms with van der Waals surface area (Å²) in [6.07, 6.45) is 15.9. The zero-order valence-electron chi connectivity index (χ0n) is 7.81. The fraction of sp³-hybridized carbons (Fsp3) is 0.667. The summed E-state index contributed by atoms with van der Waals surface area (Å²) in [4.78, 5) is 0. The Morgan fingerprint density at radius 1 is 0.833 bits per heavy atom. The first-order chi connectivity index (χ1) is 5.97. The molecule has 0 atom stereocenters. The van der Waals surface area contributed by atoms with Crippen molar-refractivity contribution < 1.29 is 0 Å². The molecule has 0 amide bonds. The molecule has 0 aromatic heterocycles. The van der Waals surface area contributed by atoms with Crippen molar-refractivity contribution in [3.63, 3.8) is 0 Å². The van der Waals surface area contributed by atoms with Crippen LogP contribution in [0.1, 0.15) is 51.4 Å². The van der Waals surface area contributed by atoms with Gasteiger partial charge in [0.15, 0.2) is 0 Å². The molecule has 0 heterocycles. The Morgan fingerprint density at radius 2 is 1.67 bits per heavy atom. The topological polar surface area (TPSA) is 0 Å². The van der Waals surface area contributed by atoms with Gasteiger partial charge in [-0.2, -0.15) is 0 Å². The van der Waals surface area contributed by atoms with Gasteiger partial charge in [0.05, 0.1) is 0 Å². The molecule has 1 fully saturated rings. The molecule has 2 aliphatic rings. The standard InChI is InChI=1S/C12H18/c1-3-7-11(8-4-1)12-9-5-2-6-10-12/h3,7H,1-2,4-6,8-10H2. The highest BCUT2D eigenvalue weighted by Gasteiger charge is 2.10. The average Bonchev–Trinajstić information content (AvgIpc) is 2.21. The number of rotatable bonds is 0. The van der Waals surface area contributed by atoms with E-state index in [2.05, 4.69) is 12.2 Å². The predicted molar refractivity (Wildman–Crippen MR) is 53.1 cm³/mol. The van der Waals surface area contributed by atoms with E-state index in [1.165, 1.54) is 51.4 Å². The van der Waals surface area contributed by atoms with Gasteiger partial charge in [-0.3, -0.25) is 0 Å². The molecule has 0 unspecified atom stereocenters. The van der Waals surface area contributed by atoms with Gasteiger partial charge in [0, 0.05) is 0 Å². The summed E-state index contributed by atoms with van der Waals surface area (Å²) in [6, 6.07) is 0. The third-order valence-electron chi connectivity index (χ3n) is 3.05. The van der Waals surface area contributed by atoms with Crippen LogP contribution < -0.4 is 0 Å². The first-order valence-corrected chi connectivity index (χ1v) is 5.34. The second kappa shape index (κ2) is 3.93. The van der Waals surface area contributed by atoms with E-state index in [0.717, 1.165) is 0 Å². The summed E-state index contributed by atoms with van der Waals surface area (Å²) >= 11 is 0. The molecule has 0 aromatic carbocycles. The molecule has 0 radical (unpaired) electrons. The summed E-state index contributed by atoms with van der Waals surface area (Å²) in [7, 11) is 0. The molecule has 0 spiro atoms. The van der Waals surface area contributed by atoms with Crippen molar-refractivity contribution in [2.75, 3.05) is 0 Å². The Morgan fingerprint density at radius 3 is 2.33 bits per heavy atom. The van der Waals surface area contributed by atoms with E-state index >= 15 is 0 Å². The van der Waals surface area contributed by atoms with Crippen LogP contribution in [0.5, 0.6) is 0 Å². The summed E-state index contributed by atoms with van der Waals surface area (Å²) in [5.74, 6) is 0. The molecule has 12 heavy (non-hydrogen) atoms. The van der Waals surface area contributed by atoms with Crippen molar-refractivity contribution in [1.29, 1.82) is 0 Å². The highest BCUT2D eigenvalue weighted by Crippen LogP contribution is 2.30. The van der Waals surface area contributed by atoms with Crippen LogP contribution in [0.2, 0.25) is 0 Å².